The summed E-state index contributed by atoms with van der Waals surface area (Å²) in [6.07, 6.45) is 0. The number of amides is 2. The van der Waals surface area contributed by atoms with E-state index in [1.54, 1.807) is 6.07 Å². The fourth-order valence-electron chi connectivity index (χ4n) is 1.83. The number of hydrogen-bond acceptors (Lipinski definition) is 2. The van der Waals surface area contributed by atoms with E-state index in [9.17, 15) is 9.59 Å². The molecule has 0 fully saturated rings. The number of carbonyl (C=O) groups excluding carboxylic acids is 2. The van der Waals surface area contributed by atoms with Crippen LogP contribution >= 0.6 is 0 Å². The van der Waals surface area contributed by atoms with Gasteiger partial charge in [-0.15, -0.1) is 0 Å². The van der Waals surface area contributed by atoms with E-state index in [-0.39, 0.29) is 17.2 Å². The standard InChI is InChI=1S/C12H14BNO2/c1-12(2,3)7-4-5-8-9(6-7)11(16)14(13)10(8)15/h4-6H,13H2,1-3H3. The molecule has 1 aliphatic rings. The second-order valence-corrected chi connectivity index (χ2v) is 5.18. The summed E-state index contributed by atoms with van der Waals surface area (Å²) in [5.74, 6) is -0.411. The summed E-state index contributed by atoms with van der Waals surface area (Å²) in [7, 11) is 1.52. The average Bonchev–Trinajstić information content (AvgIpc) is 2.43. The van der Waals surface area contributed by atoms with Crippen molar-refractivity contribution in [3.8, 4) is 0 Å². The molecule has 4 heteroatoms. The van der Waals surface area contributed by atoms with Crippen molar-refractivity contribution in [2.24, 2.45) is 0 Å². The average molecular weight is 215 g/mol. The van der Waals surface area contributed by atoms with Crippen LogP contribution in [0, 0.1) is 0 Å². The van der Waals surface area contributed by atoms with Gasteiger partial charge in [-0.2, -0.15) is 0 Å². The van der Waals surface area contributed by atoms with E-state index in [2.05, 4.69) is 20.8 Å². The van der Waals surface area contributed by atoms with E-state index in [4.69, 9.17) is 0 Å². The van der Waals surface area contributed by atoms with E-state index in [1.165, 1.54) is 7.98 Å². The number of carbonyl (C=O) groups is 2. The first-order valence-electron chi connectivity index (χ1n) is 5.29. The molecule has 0 aromatic heterocycles. The smallest absolute Gasteiger partial charge is 0.248 e. The molecule has 16 heavy (non-hydrogen) atoms. The zero-order chi connectivity index (χ0) is 12.1. The van der Waals surface area contributed by atoms with Crippen molar-refractivity contribution >= 4 is 19.8 Å². The van der Waals surface area contributed by atoms with Crippen molar-refractivity contribution in [3.63, 3.8) is 0 Å². The lowest BCUT2D eigenvalue weighted by Crippen LogP contribution is -2.26. The fourth-order valence-corrected chi connectivity index (χ4v) is 1.83. The Morgan fingerprint density at radius 1 is 1.06 bits per heavy atom. The first-order chi connectivity index (χ1) is 7.32. The minimum absolute atomic E-state index is 0.0144. The maximum atomic E-state index is 11.8. The van der Waals surface area contributed by atoms with Crippen molar-refractivity contribution in [1.82, 2.24) is 4.81 Å². The van der Waals surface area contributed by atoms with E-state index in [0.29, 0.717) is 11.1 Å². The number of hydrogen-bond donors (Lipinski definition) is 0. The summed E-state index contributed by atoms with van der Waals surface area (Å²) >= 11 is 0. The Bertz CT molecular complexity index is 488. The van der Waals surface area contributed by atoms with E-state index in [0.717, 1.165) is 10.4 Å². The lowest BCUT2D eigenvalue weighted by Gasteiger charge is -2.19. The molecule has 0 bridgehead atoms. The Balaban J connectivity index is 2.58. The second-order valence-electron chi connectivity index (χ2n) is 5.18. The van der Waals surface area contributed by atoms with Crippen LogP contribution in [0.4, 0.5) is 0 Å². The van der Waals surface area contributed by atoms with Gasteiger partial charge < -0.3 is 4.81 Å². The maximum absolute atomic E-state index is 11.8. The Morgan fingerprint density at radius 2 is 1.62 bits per heavy atom. The van der Waals surface area contributed by atoms with E-state index in [1.807, 2.05) is 12.1 Å². The fraction of sp³-hybridized carbons (Fsp3) is 0.333. The van der Waals surface area contributed by atoms with Crippen molar-refractivity contribution in [1.29, 1.82) is 0 Å². The van der Waals surface area contributed by atoms with E-state index < -0.39 is 0 Å². The van der Waals surface area contributed by atoms with Gasteiger partial charge >= 0.3 is 0 Å². The van der Waals surface area contributed by atoms with Gasteiger partial charge in [0, 0.05) is 0 Å². The van der Waals surface area contributed by atoms with Gasteiger partial charge in [0.05, 0.1) is 11.1 Å². The number of nitrogens with zero attached hydrogens (tertiary/aromatic N) is 1. The predicted octanol–water partition coefficient (Wildman–Crippen LogP) is 1.13. The summed E-state index contributed by atoms with van der Waals surface area (Å²) < 4.78 is 0. The third-order valence-corrected chi connectivity index (χ3v) is 2.96. The molecule has 2 rings (SSSR count). The van der Waals surface area contributed by atoms with Gasteiger partial charge in [0.2, 0.25) is 19.8 Å². The summed E-state index contributed by atoms with van der Waals surface area (Å²) in [6, 6.07) is 5.50. The molecule has 0 saturated heterocycles. The molecule has 0 saturated carbocycles. The largest absolute Gasteiger partial charge is 0.328 e. The van der Waals surface area contributed by atoms with Crippen LogP contribution in [0.1, 0.15) is 47.1 Å². The second kappa shape index (κ2) is 3.21. The molecular weight excluding hydrogens is 201 g/mol. The Labute approximate surface area is 95.9 Å². The molecule has 2 amide bonds. The van der Waals surface area contributed by atoms with Gasteiger partial charge in [0.25, 0.3) is 0 Å². The Morgan fingerprint density at radius 3 is 2.19 bits per heavy atom. The highest BCUT2D eigenvalue weighted by molar-refractivity contribution is 6.36. The van der Waals surface area contributed by atoms with Crippen LogP contribution in [-0.2, 0) is 5.41 Å². The lowest BCUT2D eigenvalue weighted by molar-refractivity contribution is 0.0766. The lowest BCUT2D eigenvalue weighted by atomic mass is 9.85. The van der Waals surface area contributed by atoms with Crippen LogP contribution in [-0.4, -0.2) is 24.6 Å². The van der Waals surface area contributed by atoms with Crippen LogP contribution in [0.25, 0.3) is 0 Å². The van der Waals surface area contributed by atoms with Gasteiger partial charge in [0.1, 0.15) is 0 Å². The molecule has 1 aromatic rings. The summed E-state index contributed by atoms with van der Waals surface area (Å²) in [6.45, 7) is 6.25. The molecule has 0 N–H and O–H groups in total. The van der Waals surface area contributed by atoms with Crippen LogP contribution < -0.4 is 0 Å². The first kappa shape index (κ1) is 10.9. The quantitative estimate of drug-likeness (QED) is 0.480. The summed E-state index contributed by atoms with van der Waals surface area (Å²) in [5, 5.41) is 0. The third kappa shape index (κ3) is 1.45. The van der Waals surface area contributed by atoms with Gasteiger partial charge in [0.15, 0.2) is 0 Å². The van der Waals surface area contributed by atoms with Gasteiger partial charge in [-0.05, 0) is 23.1 Å². The van der Waals surface area contributed by atoms with Crippen LogP contribution in [0.2, 0.25) is 0 Å². The predicted molar refractivity (Wildman–Crippen MR) is 64.2 cm³/mol. The van der Waals surface area contributed by atoms with Crippen LogP contribution in [0.3, 0.4) is 0 Å². The molecule has 3 nitrogen and oxygen atoms in total. The Kier molecular flexibility index (Phi) is 2.19. The highest BCUT2D eigenvalue weighted by atomic mass is 16.2. The maximum Gasteiger partial charge on any atom is 0.248 e. The zero-order valence-corrected chi connectivity index (χ0v) is 10.00. The van der Waals surface area contributed by atoms with Crippen LogP contribution in [0.5, 0.6) is 0 Å². The van der Waals surface area contributed by atoms with Gasteiger partial charge in [-0.1, -0.05) is 26.8 Å². The van der Waals surface area contributed by atoms with Gasteiger partial charge in [-0.3, -0.25) is 9.59 Å². The summed E-state index contributed by atoms with van der Waals surface area (Å²) in [4.78, 5) is 24.6. The molecular formula is C12H14BNO2. The minimum Gasteiger partial charge on any atom is -0.328 e. The highest BCUT2D eigenvalue weighted by Crippen LogP contribution is 2.28. The van der Waals surface area contributed by atoms with Crippen molar-refractivity contribution in [2.75, 3.05) is 0 Å². The van der Waals surface area contributed by atoms with Crippen LogP contribution in [0.15, 0.2) is 18.2 Å². The molecule has 1 aromatic carbocycles. The number of rotatable bonds is 0. The van der Waals surface area contributed by atoms with Crippen molar-refractivity contribution in [2.45, 2.75) is 26.2 Å². The SMILES string of the molecule is BN1C(=O)c2ccc(C(C)(C)C)cc2C1=O. The molecule has 0 spiro atoms. The molecule has 0 unspecified atom stereocenters. The topological polar surface area (TPSA) is 37.4 Å². The molecule has 0 atom stereocenters. The number of fused-ring (bicyclic) bond motifs is 1. The normalized spacial score (nSPS) is 15.6. The molecule has 1 heterocycles. The van der Waals surface area contributed by atoms with Crippen molar-refractivity contribution in [3.05, 3.63) is 34.9 Å². The molecule has 0 aliphatic carbocycles. The minimum atomic E-state index is -0.208. The summed E-state index contributed by atoms with van der Waals surface area (Å²) in [5.41, 5.74) is 2.10. The number of imide groups is 1. The first-order valence-corrected chi connectivity index (χ1v) is 5.29. The third-order valence-electron chi connectivity index (χ3n) is 2.96. The van der Waals surface area contributed by atoms with Crippen molar-refractivity contribution < 1.29 is 9.59 Å². The highest BCUT2D eigenvalue weighted by Gasteiger charge is 2.32. The van der Waals surface area contributed by atoms with Gasteiger partial charge in [-0.25, -0.2) is 0 Å². The number of benzene rings is 1. The Hall–Kier alpha value is -1.58. The monoisotopic (exact) mass is 215 g/mol. The zero-order valence-electron chi connectivity index (χ0n) is 10.00. The molecule has 0 radical (unpaired) electrons. The molecule has 1 aliphatic heterocycles. The molecule has 82 valence electrons. The van der Waals surface area contributed by atoms with E-state index >= 15 is 0 Å².